The van der Waals surface area contributed by atoms with Crippen LogP contribution >= 0.6 is 0 Å². The van der Waals surface area contributed by atoms with Crippen molar-refractivity contribution in [2.45, 2.75) is 84.3 Å². The predicted octanol–water partition coefficient (Wildman–Crippen LogP) is 3.01. The molecule has 0 bridgehead atoms. The predicted molar refractivity (Wildman–Crippen MR) is 89.3 cm³/mol. The van der Waals surface area contributed by atoms with Gasteiger partial charge in [0.1, 0.15) is 0 Å². The number of nitrogens with one attached hydrogen (secondary N) is 2. The van der Waals surface area contributed by atoms with Crippen molar-refractivity contribution in [1.29, 1.82) is 0 Å². The average molecular weight is 284 g/mol. The molecule has 0 amide bonds. The monoisotopic (exact) mass is 283 g/mol. The molecule has 0 radical (unpaired) electrons. The first kappa shape index (κ1) is 17.9. The van der Waals surface area contributed by atoms with E-state index in [-0.39, 0.29) is 0 Å². The Morgan fingerprint density at radius 2 is 1.90 bits per heavy atom. The second-order valence-corrected chi connectivity index (χ2v) is 6.52. The van der Waals surface area contributed by atoms with E-state index in [0.29, 0.717) is 12.1 Å². The van der Waals surface area contributed by atoms with Crippen molar-refractivity contribution in [2.24, 2.45) is 0 Å². The minimum Gasteiger partial charge on any atom is -0.314 e. The highest BCUT2D eigenvalue weighted by Crippen LogP contribution is 2.12. The largest absolute Gasteiger partial charge is 0.314 e. The van der Waals surface area contributed by atoms with E-state index in [9.17, 15) is 0 Å². The molecule has 1 saturated heterocycles. The SMILES string of the molecule is CCN(CC)CCCC(C)NC(C)CC1CCCCN1. The van der Waals surface area contributed by atoms with Crippen molar-refractivity contribution in [3.8, 4) is 0 Å². The van der Waals surface area contributed by atoms with Crippen LogP contribution in [0.3, 0.4) is 0 Å². The summed E-state index contributed by atoms with van der Waals surface area (Å²) in [7, 11) is 0. The summed E-state index contributed by atoms with van der Waals surface area (Å²) in [5.41, 5.74) is 0. The van der Waals surface area contributed by atoms with Gasteiger partial charge in [0, 0.05) is 18.1 Å². The van der Waals surface area contributed by atoms with E-state index in [1.54, 1.807) is 0 Å². The highest BCUT2D eigenvalue weighted by molar-refractivity contribution is 4.78. The van der Waals surface area contributed by atoms with Crippen molar-refractivity contribution in [1.82, 2.24) is 15.5 Å². The first-order valence-electron chi connectivity index (χ1n) is 8.87. The summed E-state index contributed by atoms with van der Waals surface area (Å²) >= 11 is 0. The van der Waals surface area contributed by atoms with Gasteiger partial charge in [-0.2, -0.15) is 0 Å². The molecule has 0 aromatic carbocycles. The zero-order valence-electron chi connectivity index (χ0n) is 14.3. The Bertz CT molecular complexity index is 222. The van der Waals surface area contributed by atoms with Gasteiger partial charge < -0.3 is 15.5 Å². The Morgan fingerprint density at radius 1 is 1.15 bits per heavy atom. The van der Waals surface area contributed by atoms with Gasteiger partial charge in [0.2, 0.25) is 0 Å². The third kappa shape index (κ3) is 7.61. The Morgan fingerprint density at radius 3 is 2.50 bits per heavy atom. The first-order valence-corrected chi connectivity index (χ1v) is 8.87. The van der Waals surface area contributed by atoms with Crippen molar-refractivity contribution in [3.63, 3.8) is 0 Å². The van der Waals surface area contributed by atoms with Crippen LogP contribution in [0.1, 0.15) is 66.2 Å². The summed E-state index contributed by atoms with van der Waals surface area (Å²) in [4.78, 5) is 2.52. The first-order chi connectivity index (χ1) is 9.65. The summed E-state index contributed by atoms with van der Waals surface area (Å²) in [5, 5.41) is 7.43. The standard InChI is InChI=1S/C17H37N3/c1-5-20(6-2)13-9-10-15(3)19-16(4)14-17-11-7-8-12-18-17/h15-19H,5-14H2,1-4H3. The van der Waals surface area contributed by atoms with Gasteiger partial charge in [0.05, 0.1) is 0 Å². The van der Waals surface area contributed by atoms with Crippen LogP contribution in [0.25, 0.3) is 0 Å². The number of piperidine rings is 1. The van der Waals surface area contributed by atoms with Crippen LogP contribution in [0.4, 0.5) is 0 Å². The zero-order chi connectivity index (χ0) is 14.8. The fourth-order valence-electron chi connectivity index (χ4n) is 3.35. The summed E-state index contributed by atoms with van der Waals surface area (Å²) < 4.78 is 0. The third-order valence-electron chi connectivity index (χ3n) is 4.63. The number of nitrogens with zero attached hydrogens (tertiary/aromatic N) is 1. The van der Waals surface area contributed by atoms with E-state index >= 15 is 0 Å². The smallest absolute Gasteiger partial charge is 0.00817 e. The molecule has 0 aromatic heterocycles. The van der Waals surface area contributed by atoms with Crippen LogP contribution in [-0.4, -0.2) is 49.2 Å². The lowest BCUT2D eigenvalue weighted by Gasteiger charge is -2.28. The molecule has 0 aromatic rings. The summed E-state index contributed by atoms with van der Waals surface area (Å²) in [6, 6.07) is 2.02. The van der Waals surface area contributed by atoms with E-state index in [1.165, 1.54) is 64.7 Å². The highest BCUT2D eigenvalue weighted by atomic mass is 15.1. The van der Waals surface area contributed by atoms with Crippen molar-refractivity contribution >= 4 is 0 Å². The van der Waals surface area contributed by atoms with E-state index < -0.39 is 0 Å². The topological polar surface area (TPSA) is 27.3 Å². The average Bonchev–Trinajstić information content (AvgIpc) is 2.44. The van der Waals surface area contributed by atoms with Crippen LogP contribution < -0.4 is 10.6 Å². The molecule has 0 aliphatic carbocycles. The van der Waals surface area contributed by atoms with Crippen molar-refractivity contribution < 1.29 is 0 Å². The maximum atomic E-state index is 3.78. The van der Waals surface area contributed by atoms with Gasteiger partial charge in [-0.3, -0.25) is 0 Å². The zero-order valence-corrected chi connectivity index (χ0v) is 14.3. The number of hydrogen-bond acceptors (Lipinski definition) is 3. The molecule has 1 aliphatic rings. The maximum Gasteiger partial charge on any atom is 0.00817 e. The summed E-state index contributed by atoms with van der Waals surface area (Å²) in [6.07, 6.45) is 8.01. The Hall–Kier alpha value is -0.120. The molecule has 3 heteroatoms. The van der Waals surface area contributed by atoms with E-state index in [1.807, 2.05) is 0 Å². The summed E-state index contributed by atoms with van der Waals surface area (Å²) in [5.74, 6) is 0. The van der Waals surface area contributed by atoms with E-state index in [4.69, 9.17) is 0 Å². The summed E-state index contributed by atoms with van der Waals surface area (Å²) in [6.45, 7) is 14.0. The minimum atomic E-state index is 0.633. The normalized spacial score (nSPS) is 22.9. The fraction of sp³-hybridized carbons (Fsp3) is 1.00. The fourth-order valence-corrected chi connectivity index (χ4v) is 3.35. The molecule has 120 valence electrons. The Labute approximate surface area is 126 Å². The van der Waals surface area contributed by atoms with Crippen LogP contribution in [0.5, 0.6) is 0 Å². The Kier molecular flexibility index (Phi) is 9.49. The van der Waals surface area contributed by atoms with Gasteiger partial charge in [-0.05, 0) is 72.1 Å². The molecule has 1 aliphatic heterocycles. The van der Waals surface area contributed by atoms with Crippen LogP contribution in [0.2, 0.25) is 0 Å². The molecule has 3 unspecified atom stereocenters. The quantitative estimate of drug-likeness (QED) is 0.645. The highest BCUT2D eigenvalue weighted by Gasteiger charge is 2.16. The number of hydrogen-bond donors (Lipinski definition) is 2. The molecule has 1 heterocycles. The van der Waals surface area contributed by atoms with Crippen LogP contribution in [-0.2, 0) is 0 Å². The molecular formula is C17H37N3. The van der Waals surface area contributed by atoms with Gasteiger partial charge >= 0.3 is 0 Å². The van der Waals surface area contributed by atoms with Gasteiger partial charge in [0.25, 0.3) is 0 Å². The molecule has 2 N–H and O–H groups in total. The van der Waals surface area contributed by atoms with Crippen LogP contribution in [0.15, 0.2) is 0 Å². The minimum absolute atomic E-state index is 0.633. The van der Waals surface area contributed by atoms with Crippen molar-refractivity contribution in [3.05, 3.63) is 0 Å². The van der Waals surface area contributed by atoms with Crippen molar-refractivity contribution in [2.75, 3.05) is 26.2 Å². The van der Waals surface area contributed by atoms with Gasteiger partial charge in [-0.1, -0.05) is 20.3 Å². The second-order valence-electron chi connectivity index (χ2n) is 6.52. The molecule has 1 fully saturated rings. The molecule has 0 spiro atoms. The third-order valence-corrected chi connectivity index (χ3v) is 4.63. The van der Waals surface area contributed by atoms with E-state index in [2.05, 4.69) is 43.2 Å². The van der Waals surface area contributed by atoms with Gasteiger partial charge in [-0.15, -0.1) is 0 Å². The van der Waals surface area contributed by atoms with Crippen LogP contribution in [0, 0.1) is 0 Å². The lowest BCUT2D eigenvalue weighted by atomic mass is 9.98. The van der Waals surface area contributed by atoms with Gasteiger partial charge in [-0.25, -0.2) is 0 Å². The molecule has 20 heavy (non-hydrogen) atoms. The molecule has 1 rings (SSSR count). The van der Waals surface area contributed by atoms with Gasteiger partial charge in [0.15, 0.2) is 0 Å². The second kappa shape index (κ2) is 10.6. The lowest BCUT2D eigenvalue weighted by molar-refractivity contribution is 0.283. The lowest BCUT2D eigenvalue weighted by Crippen LogP contribution is -2.42. The molecule has 3 nitrogen and oxygen atoms in total. The van der Waals surface area contributed by atoms with E-state index in [0.717, 1.165) is 6.04 Å². The molecule has 0 saturated carbocycles. The molecular weight excluding hydrogens is 246 g/mol. The Balaban J connectivity index is 2.09. The number of rotatable bonds is 10. The maximum absolute atomic E-state index is 3.78. The molecule has 3 atom stereocenters.